The van der Waals surface area contributed by atoms with Crippen LogP contribution in [0.25, 0.3) is 0 Å². The summed E-state index contributed by atoms with van der Waals surface area (Å²) in [6.07, 6.45) is -0.196. The molecule has 1 atom stereocenters. The molecule has 0 spiro atoms. The number of nitrogens with zero attached hydrogens (tertiary/aromatic N) is 1. The van der Waals surface area contributed by atoms with E-state index >= 15 is 0 Å². The van der Waals surface area contributed by atoms with E-state index in [1.165, 1.54) is 29.2 Å². The second-order valence-corrected chi connectivity index (χ2v) is 9.60. The first kappa shape index (κ1) is 20.6. The summed E-state index contributed by atoms with van der Waals surface area (Å²) in [5, 5.41) is 13.4. The van der Waals surface area contributed by atoms with Crippen molar-refractivity contribution in [2.24, 2.45) is 10.3 Å². The van der Waals surface area contributed by atoms with Crippen LogP contribution in [0.2, 0.25) is 5.02 Å². The summed E-state index contributed by atoms with van der Waals surface area (Å²) in [6, 6.07) is 8.16. The van der Waals surface area contributed by atoms with E-state index < -0.39 is 37.0 Å². The molecule has 2 aromatic rings. The lowest BCUT2D eigenvalue weighted by Gasteiger charge is -2.38. The third-order valence-corrected chi connectivity index (χ3v) is 6.61. The molecule has 0 aliphatic carbocycles. The lowest BCUT2D eigenvalue weighted by molar-refractivity contribution is 0.0973. The van der Waals surface area contributed by atoms with Crippen LogP contribution >= 0.6 is 11.6 Å². The molecule has 1 amide bonds. The molecule has 0 saturated carbocycles. The van der Waals surface area contributed by atoms with Gasteiger partial charge in [-0.25, -0.2) is 27.1 Å². The Morgan fingerprint density at radius 1 is 1.07 bits per heavy atom. The minimum absolute atomic E-state index is 0.0117. The van der Waals surface area contributed by atoms with Gasteiger partial charge in [-0.2, -0.15) is 0 Å². The number of anilines is 2. The van der Waals surface area contributed by atoms with Crippen molar-refractivity contribution in [2.45, 2.75) is 29.3 Å². The first-order valence-corrected chi connectivity index (χ1v) is 11.5. The van der Waals surface area contributed by atoms with Crippen molar-refractivity contribution >= 4 is 48.9 Å². The zero-order chi connectivity index (χ0) is 20.9. The standard InChI is InChI=1S/C16H17ClN4O5S2/c1-2-15-20-11-8-10(17)14(28(19,25)26)7-9(11)16(22)21(15)12-5-3-4-6-13(12)27(18,23)24/h3-8,15,20H,2H2,1H3,(H2,18,23,24)(H2,19,25,26). The number of benzene rings is 2. The fraction of sp³-hybridized carbons (Fsp3) is 0.188. The minimum Gasteiger partial charge on any atom is -0.364 e. The van der Waals surface area contributed by atoms with Gasteiger partial charge in [-0.3, -0.25) is 9.69 Å². The maximum atomic E-state index is 13.2. The predicted octanol–water partition coefficient (Wildman–Crippen LogP) is 1.44. The van der Waals surface area contributed by atoms with E-state index in [9.17, 15) is 21.6 Å². The highest BCUT2D eigenvalue weighted by atomic mass is 35.5. The monoisotopic (exact) mass is 444 g/mol. The molecule has 0 aromatic heterocycles. The molecule has 0 saturated heterocycles. The summed E-state index contributed by atoms with van der Waals surface area (Å²) in [5.41, 5.74) is 0.382. The summed E-state index contributed by atoms with van der Waals surface area (Å²) in [5.74, 6) is -0.613. The topological polar surface area (TPSA) is 153 Å². The van der Waals surface area contributed by atoms with Gasteiger partial charge in [0.1, 0.15) is 16.0 Å². The zero-order valence-corrected chi connectivity index (χ0v) is 17.0. The van der Waals surface area contributed by atoms with Gasteiger partial charge in [-0.15, -0.1) is 0 Å². The van der Waals surface area contributed by atoms with E-state index in [-0.39, 0.29) is 21.2 Å². The molecular formula is C16H17ClN4O5S2. The molecule has 2 aromatic carbocycles. The smallest absolute Gasteiger partial charge is 0.262 e. The van der Waals surface area contributed by atoms with Gasteiger partial charge in [0, 0.05) is 0 Å². The molecule has 3 rings (SSSR count). The number of para-hydroxylation sites is 1. The number of halogens is 1. The second-order valence-electron chi connectivity index (χ2n) is 6.13. The first-order valence-electron chi connectivity index (χ1n) is 8.03. The summed E-state index contributed by atoms with van der Waals surface area (Å²) in [7, 11) is -8.28. The molecule has 150 valence electrons. The third kappa shape index (κ3) is 3.59. The van der Waals surface area contributed by atoms with E-state index in [1.807, 2.05) is 0 Å². The molecule has 1 heterocycles. The Morgan fingerprint density at radius 2 is 1.68 bits per heavy atom. The number of rotatable bonds is 4. The van der Waals surface area contributed by atoms with Gasteiger partial charge < -0.3 is 5.32 Å². The summed E-state index contributed by atoms with van der Waals surface area (Å²) < 4.78 is 47.5. The highest BCUT2D eigenvalue weighted by Crippen LogP contribution is 2.37. The maximum absolute atomic E-state index is 13.2. The number of nitrogens with two attached hydrogens (primary N) is 2. The van der Waals surface area contributed by atoms with Crippen LogP contribution in [0.1, 0.15) is 23.7 Å². The number of carbonyl (C=O) groups excluding carboxylic acids is 1. The SMILES string of the molecule is CCC1Nc2cc(Cl)c(S(N)(=O)=O)cc2C(=O)N1c1ccccc1S(N)(=O)=O. The first-order chi connectivity index (χ1) is 12.9. The molecule has 0 fully saturated rings. The quantitative estimate of drug-likeness (QED) is 0.648. The van der Waals surface area contributed by atoms with Crippen molar-refractivity contribution in [3.05, 3.63) is 47.0 Å². The number of primary sulfonamides is 2. The Hall–Kier alpha value is -2.18. The molecule has 5 N–H and O–H groups in total. The van der Waals surface area contributed by atoms with Gasteiger partial charge in [-0.1, -0.05) is 30.7 Å². The third-order valence-electron chi connectivity index (χ3n) is 4.28. The molecule has 9 nitrogen and oxygen atoms in total. The lowest BCUT2D eigenvalue weighted by atomic mass is 10.1. The second kappa shape index (κ2) is 7.01. The number of fused-ring (bicyclic) bond motifs is 1. The van der Waals surface area contributed by atoms with Crippen LogP contribution in [0.15, 0.2) is 46.2 Å². The van der Waals surface area contributed by atoms with Crippen LogP contribution in [-0.4, -0.2) is 28.9 Å². The Kier molecular flexibility index (Phi) is 5.15. The number of hydrogen-bond donors (Lipinski definition) is 3. The highest BCUT2D eigenvalue weighted by molar-refractivity contribution is 7.89. The molecule has 0 radical (unpaired) electrons. The average molecular weight is 445 g/mol. The van der Waals surface area contributed by atoms with Crippen molar-refractivity contribution in [3.63, 3.8) is 0 Å². The molecular weight excluding hydrogens is 428 g/mol. The van der Waals surface area contributed by atoms with E-state index in [2.05, 4.69) is 5.32 Å². The van der Waals surface area contributed by atoms with Crippen LogP contribution in [0.4, 0.5) is 11.4 Å². The van der Waals surface area contributed by atoms with Crippen LogP contribution < -0.4 is 20.5 Å². The van der Waals surface area contributed by atoms with Gasteiger partial charge in [0.05, 0.1) is 22.0 Å². The number of carbonyl (C=O) groups is 1. The minimum atomic E-state index is -4.17. The molecule has 1 unspecified atom stereocenters. The fourth-order valence-electron chi connectivity index (χ4n) is 3.04. The molecule has 12 heteroatoms. The molecule has 28 heavy (non-hydrogen) atoms. The molecule has 0 bridgehead atoms. The van der Waals surface area contributed by atoms with Crippen molar-refractivity contribution in [1.29, 1.82) is 0 Å². The number of nitrogens with one attached hydrogen (secondary N) is 1. The molecule has 1 aliphatic rings. The Labute approximate surface area is 167 Å². The number of hydrogen-bond acceptors (Lipinski definition) is 6. The van der Waals surface area contributed by atoms with E-state index in [1.54, 1.807) is 13.0 Å². The van der Waals surface area contributed by atoms with Crippen LogP contribution in [0.3, 0.4) is 0 Å². The summed E-state index contributed by atoms with van der Waals surface area (Å²) in [6.45, 7) is 1.79. The van der Waals surface area contributed by atoms with Crippen LogP contribution in [0.5, 0.6) is 0 Å². The van der Waals surface area contributed by atoms with Crippen molar-refractivity contribution in [3.8, 4) is 0 Å². The maximum Gasteiger partial charge on any atom is 0.262 e. The van der Waals surface area contributed by atoms with Crippen molar-refractivity contribution in [2.75, 3.05) is 10.2 Å². The van der Waals surface area contributed by atoms with Gasteiger partial charge in [-0.05, 0) is 30.7 Å². The van der Waals surface area contributed by atoms with Crippen molar-refractivity contribution in [1.82, 2.24) is 0 Å². The Bertz CT molecular complexity index is 1180. The summed E-state index contributed by atoms with van der Waals surface area (Å²) >= 11 is 6.00. The zero-order valence-electron chi connectivity index (χ0n) is 14.6. The van der Waals surface area contributed by atoms with E-state index in [4.69, 9.17) is 21.9 Å². The van der Waals surface area contributed by atoms with Gasteiger partial charge in [0.25, 0.3) is 5.91 Å². The Morgan fingerprint density at radius 3 is 2.25 bits per heavy atom. The predicted molar refractivity (Wildman–Crippen MR) is 105 cm³/mol. The fourth-order valence-corrected chi connectivity index (χ4v) is 4.87. The largest absolute Gasteiger partial charge is 0.364 e. The lowest BCUT2D eigenvalue weighted by Crippen LogP contribution is -2.49. The highest BCUT2D eigenvalue weighted by Gasteiger charge is 2.36. The van der Waals surface area contributed by atoms with Gasteiger partial charge >= 0.3 is 0 Å². The number of amides is 1. The van der Waals surface area contributed by atoms with Gasteiger partial charge in [0.15, 0.2) is 0 Å². The number of sulfonamides is 2. The Balaban J connectivity index is 2.24. The summed E-state index contributed by atoms with van der Waals surface area (Å²) in [4.78, 5) is 13.8. The van der Waals surface area contributed by atoms with Crippen LogP contribution in [0, 0.1) is 0 Å². The van der Waals surface area contributed by atoms with Gasteiger partial charge in [0.2, 0.25) is 20.0 Å². The molecule has 1 aliphatic heterocycles. The van der Waals surface area contributed by atoms with Crippen molar-refractivity contribution < 1.29 is 21.6 Å². The average Bonchev–Trinajstić information content (AvgIpc) is 2.59. The van der Waals surface area contributed by atoms with E-state index in [0.717, 1.165) is 6.07 Å². The van der Waals surface area contributed by atoms with Crippen LogP contribution in [-0.2, 0) is 20.0 Å². The normalized spacial score (nSPS) is 17.2. The van der Waals surface area contributed by atoms with E-state index in [0.29, 0.717) is 12.1 Å².